The molecular weight excluding hydrogens is 332 g/mol. The Morgan fingerprint density at radius 3 is 2.23 bits per heavy atom. The number of amides is 2. The second kappa shape index (κ2) is 9.36. The number of esters is 1. The molecule has 6 heteroatoms. The van der Waals surface area contributed by atoms with Crippen molar-refractivity contribution in [3.8, 4) is 0 Å². The molecule has 0 bridgehead atoms. The first kappa shape index (κ1) is 19.9. The Hall–Kier alpha value is -2.37. The molecule has 26 heavy (non-hydrogen) atoms. The Morgan fingerprint density at radius 2 is 1.62 bits per heavy atom. The average Bonchev–Trinajstić information content (AvgIpc) is 2.88. The van der Waals surface area contributed by atoms with Crippen molar-refractivity contribution in [3.63, 3.8) is 0 Å². The van der Waals surface area contributed by atoms with Crippen molar-refractivity contribution in [2.75, 3.05) is 33.3 Å². The van der Waals surface area contributed by atoms with Gasteiger partial charge in [0.05, 0.1) is 20.0 Å². The number of benzene rings is 1. The number of hydrogen-bond donors (Lipinski definition) is 0. The third-order valence-corrected chi connectivity index (χ3v) is 4.81. The van der Waals surface area contributed by atoms with E-state index in [1.54, 1.807) is 4.90 Å². The number of aryl methyl sites for hydroxylation is 2. The fourth-order valence-electron chi connectivity index (χ4n) is 3.20. The molecule has 2 rings (SSSR count). The van der Waals surface area contributed by atoms with Crippen molar-refractivity contribution in [1.82, 2.24) is 9.80 Å². The van der Waals surface area contributed by atoms with Crippen LogP contribution in [0.2, 0.25) is 0 Å². The summed E-state index contributed by atoms with van der Waals surface area (Å²) in [4.78, 5) is 39.6. The molecule has 0 aromatic heterocycles. The van der Waals surface area contributed by atoms with Gasteiger partial charge in [-0.05, 0) is 31.4 Å². The topological polar surface area (TPSA) is 66.9 Å². The van der Waals surface area contributed by atoms with Gasteiger partial charge in [-0.3, -0.25) is 14.4 Å². The molecule has 2 amide bonds. The van der Waals surface area contributed by atoms with Crippen LogP contribution in [0.1, 0.15) is 36.0 Å². The molecule has 0 spiro atoms. The van der Waals surface area contributed by atoms with E-state index < -0.39 is 0 Å². The number of rotatable bonds is 5. The highest BCUT2D eigenvalue weighted by Gasteiger charge is 2.22. The lowest BCUT2D eigenvalue weighted by molar-refractivity contribution is -0.143. The molecular formula is C20H28N2O4. The first-order valence-electron chi connectivity index (χ1n) is 9.09. The second-order valence-electron chi connectivity index (χ2n) is 6.80. The van der Waals surface area contributed by atoms with E-state index in [1.165, 1.54) is 12.7 Å². The van der Waals surface area contributed by atoms with E-state index in [0.29, 0.717) is 32.6 Å². The summed E-state index contributed by atoms with van der Waals surface area (Å²) < 4.78 is 4.57. The molecule has 1 saturated heterocycles. The molecule has 1 fully saturated rings. The average molecular weight is 360 g/mol. The smallest absolute Gasteiger partial charge is 0.306 e. The fraction of sp³-hybridized carbons (Fsp3) is 0.550. The zero-order chi connectivity index (χ0) is 19.1. The van der Waals surface area contributed by atoms with Crippen molar-refractivity contribution >= 4 is 17.8 Å². The maximum Gasteiger partial charge on any atom is 0.306 e. The molecule has 1 aromatic rings. The van der Waals surface area contributed by atoms with Gasteiger partial charge in [-0.2, -0.15) is 0 Å². The van der Waals surface area contributed by atoms with Crippen molar-refractivity contribution in [2.45, 2.75) is 39.5 Å². The summed E-state index contributed by atoms with van der Waals surface area (Å²) in [7, 11) is 1.32. The first-order valence-corrected chi connectivity index (χ1v) is 9.09. The van der Waals surface area contributed by atoms with Crippen LogP contribution in [0, 0.1) is 13.8 Å². The van der Waals surface area contributed by atoms with Crippen LogP contribution in [0.4, 0.5) is 0 Å². The number of hydrogen-bond acceptors (Lipinski definition) is 4. The van der Waals surface area contributed by atoms with Crippen molar-refractivity contribution in [3.05, 3.63) is 34.9 Å². The molecule has 1 aromatic carbocycles. The summed E-state index contributed by atoms with van der Waals surface area (Å²) in [6, 6.07) is 6.13. The lowest BCUT2D eigenvalue weighted by Crippen LogP contribution is -2.38. The Balaban J connectivity index is 1.88. The maximum absolute atomic E-state index is 12.6. The molecule has 0 radical (unpaired) electrons. The van der Waals surface area contributed by atoms with E-state index in [1.807, 2.05) is 30.9 Å². The summed E-state index contributed by atoms with van der Waals surface area (Å²) in [5.41, 5.74) is 3.37. The lowest BCUT2D eigenvalue weighted by Gasteiger charge is -2.22. The normalized spacial score (nSPS) is 14.7. The summed E-state index contributed by atoms with van der Waals surface area (Å²) in [5, 5.41) is 0. The van der Waals surface area contributed by atoms with E-state index in [4.69, 9.17) is 0 Å². The molecule has 1 aliphatic rings. The minimum atomic E-state index is -0.376. The number of carbonyl (C=O) groups is 3. The van der Waals surface area contributed by atoms with Crippen LogP contribution < -0.4 is 0 Å². The van der Waals surface area contributed by atoms with E-state index >= 15 is 0 Å². The van der Waals surface area contributed by atoms with Crippen LogP contribution >= 0.6 is 0 Å². The zero-order valence-corrected chi connectivity index (χ0v) is 15.9. The summed E-state index contributed by atoms with van der Waals surface area (Å²) in [6.07, 6.45) is 1.40. The highest BCUT2D eigenvalue weighted by Crippen LogP contribution is 2.14. The van der Waals surface area contributed by atoms with Crippen LogP contribution in [0.25, 0.3) is 0 Å². The standard InChI is InChI=1S/C20H28N2O4/c1-15-5-6-17(16(2)13-15)14-19(24)22-10-4-9-21(11-12-22)18(23)7-8-20(25)26-3/h5-6,13H,4,7-12,14H2,1-3H3. The predicted octanol–water partition coefficient (Wildman–Crippen LogP) is 1.86. The van der Waals surface area contributed by atoms with Crippen LogP contribution in [-0.2, 0) is 25.5 Å². The van der Waals surface area contributed by atoms with Gasteiger partial charge in [0.15, 0.2) is 0 Å². The number of methoxy groups -OCH3 is 1. The minimum absolute atomic E-state index is 0.0564. The molecule has 1 aliphatic heterocycles. The number of nitrogens with zero attached hydrogens (tertiary/aromatic N) is 2. The quantitative estimate of drug-likeness (QED) is 0.752. The van der Waals surface area contributed by atoms with Gasteiger partial charge in [-0.25, -0.2) is 0 Å². The van der Waals surface area contributed by atoms with E-state index in [0.717, 1.165) is 17.5 Å². The maximum atomic E-state index is 12.6. The first-order chi connectivity index (χ1) is 12.4. The van der Waals surface area contributed by atoms with Crippen LogP contribution in [0.5, 0.6) is 0 Å². The van der Waals surface area contributed by atoms with Gasteiger partial charge in [0, 0.05) is 32.6 Å². The molecule has 6 nitrogen and oxygen atoms in total. The van der Waals surface area contributed by atoms with Gasteiger partial charge in [-0.15, -0.1) is 0 Å². The molecule has 142 valence electrons. The van der Waals surface area contributed by atoms with Crippen molar-refractivity contribution in [2.24, 2.45) is 0 Å². The van der Waals surface area contributed by atoms with Gasteiger partial charge in [0.25, 0.3) is 0 Å². The van der Waals surface area contributed by atoms with E-state index in [-0.39, 0.29) is 30.6 Å². The highest BCUT2D eigenvalue weighted by atomic mass is 16.5. The van der Waals surface area contributed by atoms with Gasteiger partial charge in [0.2, 0.25) is 11.8 Å². The molecule has 1 heterocycles. The number of carbonyl (C=O) groups excluding carboxylic acids is 3. The summed E-state index contributed by atoms with van der Waals surface area (Å²) in [5.74, 6) is -0.335. The zero-order valence-electron chi connectivity index (χ0n) is 15.9. The predicted molar refractivity (Wildman–Crippen MR) is 98.6 cm³/mol. The van der Waals surface area contributed by atoms with Gasteiger partial charge < -0.3 is 14.5 Å². The minimum Gasteiger partial charge on any atom is -0.469 e. The molecule has 0 N–H and O–H groups in total. The Morgan fingerprint density at radius 1 is 0.962 bits per heavy atom. The van der Waals surface area contributed by atoms with Gasteiger partial charge in [0.1, 0.15) is 0 Å². The second-order valence-corrected chi connectivity index (χ2v) is 6.80. The van der Waals surface area contributed by atoms with E-state index in [2.05, 4.69) is 10.8 Å². The lowest BCUT2D eigenvalue weighted by atomic mass is 10.0. The molecule has 0 atom stereocenters. The third-order valence-electron chi connectivity index (χ3n) is 4.81. The molecule has 0 aliphatic carbocycles. The highest BCUT2D eigenvalue weighted by molar-refractivity contribution is 5.82. The largest absolute Gasteiger partial charge is 0.469 e. The van der Waals surface area contributed by atoms with Crippen molar-refractivity contribution < 1.29 is 19.1 Å². The monoisotopic (exact) mass is 360 g/mol. The third kappa shape index (κ3) is 5.58. The Bertz CT molecular complexity index is 672. The molecule has 0 unspecified atom stereocenters. The summed E-state index contributed by atoms with van der Waals surface area (Å²) in [6.45, 7) is 6.39. The summed E-state index contributed by atoms with van der Waals surface area (Å²) >= 11 is 0. The SMILES string of the molecule is COC(=O)CCC(=O)N1CCCN(C(=O)Cc2ccc(C)cc2C)CC1. The van der Waals surface area contributed by atoms with Crippen LogP contribution in [0.15, 0.2) is 18.2 Å². The van der Waals surface area contributed by atoms with Crippen LogP contribution in [-0.4, -0.2) is 60.9 Å². The Labute approximate surface area is 155 Å². The fourth-order valence-corrected chi connectivity index (χ4v) is 3.20. The van der Waals surface area contributed by atoms with E-state index in [9.17, 15) is 14.4 Å². The van der Waals surface area contributed by atoms with Crippen molar-refractivity contribution in [1.29, 1.82) is 0 Å². The van der Waals surface area contributed by atoms with Gasteiger partial charge >= 0.3 is 5.97 Å². The number of ether oxygens (including phenoxy) is 1. The van der Waals surface area contributed by atoms with Crippen LogP contribution in [0.3, 0.4) is 0 Å². The molecule has 0 saturated carbocycles. The van der Waals surface area contributed by atoms with Gasteiger partial charge in [-0.1, -0.05) is 23.8 Å². The Kier molecular flexibility index (Phi) is 7.18.